The second-order valence-electron chi connectivity index (χ2n) is 3.38. The lowest BCUT2D eigenvalue weighted by molar-refractivity contribution is -0.131. The van der Waals surface area contributed by atoms with Crippen LogP contribution in [0.5, 0.6) is 0 Å². The number of nitrogens with one attached hydrogen (secondary N) is 1. The zero-order chi connectivity index (χ0) is 9.68. The second-order valence-corrected chi connectivity index (χ2v) is 3.38. The Balaban J connectivity index is 2.28. The zero-order valence-electron chi connectivity index (χ0n) is 8.38. The molecule has 0 aliphatic carbocycles. The first-order chi connectivity index (χ1) is 6.25. The molecule has 1 unspecified atom stereocenters. The molecule has 1 aliphatic heterocycles. The molecule has 0 aromatic rings. The molecular weight excluding hydrogens is 168 g/mol. The molecule has 1 fully saturated rings. The molecule has 0 radical (unpaired) electrons. The molecule has 0 aromatic heterocycles. The number of likely N-dealkylation sites (N-methyl/N-ethyl adjacent to an activating group) is 1. The van der Waals surface area contributed by atoms with Crippen LogP contribution in [0.15, 0.2) is 0 Å². The minimum Gasteiger partial charge on any atom is -0.379 e. The molecule has 1 heterocycles. The van der Waals surface area contributed by atoms with Crippen molar-refractivity contribution in [2.75, 3.05) is 33.9 Å². The first kappa shape index (κ1) is 10.5. The van der Waals surface area contributed by atoms with Gasteiger partial charge in [0.15, 0.2) is 0 Å². The minimum absolute atomic E-state index is 0.199. The maximum atomic E-state index is 11.5. The molecule has 0 aromatic carbocycles. The van der Waals surface area contributed by atoms with Gasteiger partial charge in [-0.05, 0) is 13.5 Å². The molecule has 13 heavy (non-hydrogen) atoms. The second kappa shape index (κ2) is 5.19. The molecule has 4 heteroatoms. The summed E-state index contributed by atoms with van der Waals surface area (Å²) < 4.78 is 5.22. The number of carbonyl (C=O) groups excluding carboxylic acids is 1. The maximum absolute atomic E-state index is 11.5. The van der Waals surface area contributed by atoms with Crippen LogP contribution in [0.1, 0.15) is 12.8 Å². The van der Waals surface area contributed by atoms with Gasteiger partial charge in [-0.1, -0.05) is 0 Å². The summed E-state index contributed by atoms with van der Waals surface area (Å²) in [7, 11) is 3.71. The van der Waals surface area contributed by atoms with E-state index in [-0.39, 0.29) is 5.91 Å². The lowest BCUT2D eigenvalue weighted by atomic mass is 10.2. The van der Waals surface area contributed by atoms with Gasteiger partial charge in [0.05, 0.1) is 12.6 Å². The van der Waals surface area contributed by atoms with Gasteiger partial charge in [0.25, 0.3) is 0 Å². The van der Waals surface area contributed by atoms with E-state index in [1.807, 2.05) is 19.0 Å². The van der Waals surface area contributed by atoms with E-state index in [0.29, 0.717) is 19.1 Å². The summed E-state index contributed by atoms with van der Waals surface area (Å²) in [6, 6.07) is 0.296. The average molecular weight is 186 g/mol. The Morgan fingerprint density at radius 2 is 2.46 bits per heavy atom. The van der Waals surface area contributed by atoms with Gasteiger partial charge in [-0.2, -0.15) is 0 Å². The third-order valence-corrected chi connectivity index (χ3v) is 2.44. The van der Waals surface area contributed by atoms with E-state index in [9.17, 15) is 4.79 Å². The van der Waals surface area contributed by atoms with Gasteiger partial charge in [-0.3, -0.25) is 4.79 Å². The first-order valence-electron chi connectivity index (χ1n) is 4.73. The molecule has 1 saturated heterocycles. The molecule has 1 aliphatic rings. The van der Waals surface area contributed by atoms with Gasteiger partial charge in [-0.15, -0.1) is 0 Å². The molecule has 0 bridgehead atoms. The zero-order valence-corrected chi connectivity index (χ0v) is 8.38. The topological polar surface area (TPSA) is 41.6 Å². The number of nitrogens with zero attached hydrogens (tertiary/aromatic N) is 1. The maximum Gasteiger partial charge on any atom is 0.223 e. The highest BCUT2D eigenvalue weighted by Crippen LogP contribution is 2.11. The first-order valence-corrected chi connectivity index (χ1v) is 4.73. The Labute approximate surface area is 79.2 Å². The Kier molecular flexibility index (Phi) is 4.18. The molecular formula is C9H18N2O2. The molecule has 1 atom stereocenters. The van der Waals surface area contributed by atoms with Crippen molar-refractivity contribution in [3.8, 4) is 0 Å². The fraction of sp³-hybridized carbons (Fsp3) is 0.889. The third kappa shape index (κ3) is 2.97. The monoisotopic (exact) mass is 186 g/mol. The highest BCUT2D eigenvalue weighted by molar-refractivity contribution is 5.76. The van der Waals surface area contributed by atoms with Crippen LogP contribution in [0.3, 0.4) is 0 Å². The van der Waals surface area contributed by atoms with Crippen LogP contribution in [-0.2, 0) is 9.53 Å². The van der Waals surface area contributed by atoms with Crippen LogP contribution < -0.4 is 5.32 Å². The Bertz CT molecular complexity index is 167. The van der Waals surface area contributed by atoms with E-state index >= 15 is 0 Å². The van der Waals surface area contributed by atoms with Crippen LogP contribution in [0, 0.1) is 0 Å². The highest BCUT2D eigenvalue weighted by atomic mass is 16.5. The van der Waals surface area contributed by atoms with Crippen molar-refractivity contribution < 1.29 is 9.53 Å². The van der Waals surface area contributed by atoms with Gasteiger partial charge in [0.2, 0.25) is 5.91 Å². The van der Waals surface area contributed by atoms with Crippen LogP contribution in [-0.4, -0.2) is 50.7 Å². The van der Waals surface area contributed by atoms with E-state index in [2.05, 4.69) is 5.32 Å². The number of carbonyl (C=O) groups is 1. The van der Waals surface area contributed by atoms with Crippen LogP contribution in [0.25, 0.3) is 0 Å². The van der Waals surface area contributed by atoms with Gasteiger partial charge < -0.3 is 15.0 Å². The third-order valence-electron chi connectivity index (χ3n) is 2.44. The molecule has 4 nitrogen and oxygen atoms in total. The number of hydrogen-bond donors (Lipinski definition) is 1. The summed E-state index contributed by atoms with van der Waals surface area (Å²) in [5.74, 6) is 0.199. The summed E-state index contributed by atoms with van der Waals surface area (Å²) in [6.07, 6.45) is 1.55. The van der Waals surface area contributed by atoms with E-state index in [0.717, 1.165) is 19.6 Å². The molecule has 0 saturated carbocycles. The van der Waals surface area contributed by atoms with Crippen molar-refractivity contribution >= 4 is 5.91 Å². The highest BCUT2D eigenvalue weighted by Gasteiger charge is 2.23. The lowest BCUT2D eigenvalue weighted by Crippen LogP contribution is -2.38. The molecule has 1 amide bonds. The Morgan fingerprint density at radius 1 is 1.69 bits per heavy atom. The average Bonchev–Trinajstić information content (AvgIpc) is 2.65. The summed E-state index contributed by atoms with van der Waals surface area (Å²) in [5.41, 5.74) is 0. The Morgan fingerprint density at radius 3 is 3.00 bits per heavy atom. The van der Waals surface area contributed by atoms with E-state index in [1.54, 1.807) is 0 Å². The minimum atomic E-state index is 0.199. The van der Waals surface area contributed by atoms with Crippen LogP contribution in [0.2, 0.25) is 0 Å². The van der Waals surface area contributed by atoms with Gasteiger partial charge in [0.1, 0.15) is 0 Å². The van der Waals surface area contributed by atoms with Crippen molar-refractivity contribution in [1.29, 1.82) is 0 Å². The molecule has 76 valence electrons. The van der Waals surface area contributed by atoms with Crippen molar-refractivity contribution in [2.24, 2.45) is 0 Å². The van der Waals surface area contributed by atoms with Crippen molar-refractivity contribution in [1.82, 2.24) is 10.2 Å². The van der Waals surface area contributed by atoms with Gasteiger partial charge in [0, 0.05) is 26.6 Å². The molecule has 1 N–H and O–H groups in total. The normalized spacial score (nSPS) is 21.8. The predicted octanol–water partition coefficient (Wildman–Crippen LogP) is -0.157. The SMILES string of the molecule is CNCCC(=O)N(C)C1CCOC1. The smallest absolute Gasteiger partial charge is 0.223 e. The van der Waals surface area contributed by atoms with Gasteiger partial charge >= 0.3 is 0 Å². The van der Waals surface area contributed by atoms with Crippen molar-refractivity contribution in [2.45, 2.75) is 18.9 Å². The van der Waals surface area contributed by atoms with E-state index < -0.39 is 0 Å². The largest absolute Gasteiger partial charge is 0.379 e. The van der Waals surface area contributed by atoms with Gasteiger partial charge in [-0.25, -0.2) is 0 Å². The fourth-order valence-corrected chi connectivity index (χ4v) is 1.44. The van der Waals surface area contributed by atoms with Crippen molar-refractivity contribution in [3.05, 3.63) is 0 Å². The standard InChI is InChI=1S/C9H18N2O2/c1-10-5-3-9(12)11(2)8-4-6-13-7-8/h8,10H,3-7H2,1-2H3. The lowest BCUT2D eigenvalue weighted by Gasteiger charge is -2.23. The van der Waals surface area contributed by atoms with Crippen LogP contribution >= 0.6 is 0 Å². The quantitative estimate of drug-likeness (QED) is 0.663. The number of ether oxygens (including phenoxy) is 1. The van der Waals surface area contributed by atoms with Crippen molar-refractivity contribution in [3.63, 3.8) is 0 Å². The summed E-state index contributed by atoms with van der Waals surface area (Å²) >= 11 is 0. The summed E-state index contributed by atoms with van der Waals surface area (Å²) in [5, 5.41) is 2.97. The summed E-state index contributed by atoms with van der Waals surface area (Å²) in [6.45, 7) is 2.23. The number of rotatable bonds is 4. The van der Waals surface area contributed by atoms with E-state index in [4.69, 9.17) is 4.74 Å². The number of hydrogen-bond acceptors (Lipinski definition) is 3. The molecule has 0 spiro atoms. The Hall–Kier alpha value is -0.610. The van der Waals surface area contributed by atoms with E-state index in [1.165, 1.54) is 0 Å². The summed E-state index contributed by atoms with van der Waals surface area (Å²) in [4.78, 5) is 13.3. The van der Waals surface area contributed by atoms with Crippen LogP contribution in [0.4, 0.5) is 0 Å². The predicted molar refractivity (Wildman–Crippen MR) is 50.5 cm³/mol. The fourth-order valence-electron chi connectivity index (χ4n) is 1.44. The molecule has 1 rings (SSSR count). The number of amides is 1.